The van der Waals surface area contributed by atoms with Gasteiger partial charge in [0, 0.05) is 5.69 Å². The van der Waals surface area contributed by atoms with Crippen molar-refractivity contribution in [2.75, 3.05) is 10.7 Å². The molecular weight excluding hydrogens is 365 g/mol. The summed E-state index contributed by atoms with van der Waals surface area (Å²) < 4.78 is 14.9. The van der Waals surface area contributed by atoms with Crippen molar-refractivity contribution in [1.82, 2.24) is 14.9 Å². The zero-order valence-corrected chi connectivity index (χ0v) is 15.6. The average Bonchev–Trinajstić information content (AvgIpc) is 3.03. The molecule has 2 N–H and O–H groups in total. The number of benzene rings is 2. The van der Waals surface area contributed by atoms with Crippen LogP contribution in [0.1, 0.15) is 23.0 Å². The standard InChI is InChI=1S/C19H18FN5OS/c1-11-3-5-13(6-4-11)16-17(27-19-23-22-12(2)25(19)24-16)18(26)21-15-9-7-14(20)8-10-15/h3-10,16-17,24H,1-2H3,(H,21,26). The van der Waals surface area contributed by atoms with Crippen LogP contribution in [0, 0.1) is 19.7 Å². The number of halogens is 1. The van der Waals surface area contributed by atoms with Gasteiger partial charge in [0.2, 0.25) is 11.1 Å². The van der Waals surface area contributed by atoms with Gasteiger partial charge in [-0.3, -0.25) is 4.79 Å². The summed E-state index contributed by atoms with van der Waals surface area (Å²) in [5, 5.41) is 11.3. The van der Waals surface area contributed by atoms with Gasteiger partial charge in [0.05, 0.1) is 6.04 Å². The van der Waals surface area contributed by atoms with Crippen LogP contribution < -0.4 is 10.7 Å². The van der Waals surface area contributed by atoms with E-state index in [1.54, 1.807) is 16.8 Å². The van der Waals surface area contributed by atoms with Crippen LogP contribution in [0.5, 0.6) is 0 Å². The molecule has 27 heavy (non-hydrogen) atoms. The largest absolute Gasteiger partial charge is 0.325 e. The summed E-state index contributed by atoms with van der Waals surface area (Å²) in [4.78, 5) is 13.0. The molecule has 1 aromatic heterocycles. The van der Waals surface area contributed by atoms with Crippen LogP contribution in [0.25, 0.3) is 0 Å². The first-order chi connectivity index (χ1) is 13.0. The van der Waals surface area contributed by atoms with E-state index < -0.39 is 5.25 Å². The van der Waals surface area contributed by atoms with Crippen molar-refractivity contribution >= 4 is 23.4 Å². The van der Waals surface area contributed by atoms with E-state index in [0.29, 0.717) is 10.8 Å². The fraction of sp³-hybridized carbons (Fsp3) is 0.211. The second kappa shape index (κ2) is 7.03. The van der Waals surface area contributed by atoms with Crippen molar-refractivity contribution < 1.29 is 9.18 Å². The van der Waals surface area contributed by atoms with Gasteiger partial charge in [-0.25, -0.2) is 9.07 Å². The molecule has 2 aromatic carbocycles. The topological polar surface area (TPSA) is 71.8 Å². The Bertz CT molecular complexity index is 971. The number of carbonyl (C=O) groups is 1. The first-order valence-electron chi connectivity index (χ1n) is 8.49. The SMILES string of the molecule is Cc1ccc(C2Nn3c(C)nnc3SC2C(=O)Nc2ccc(F)cc2)cc1. The number of aromatic nitrogens is 3. The lowest BCUT2D eigenvalue weighted by atomic mass is 10.0. The third-order valence-corrected chi connectivity index (χ3v) is 5.62. The van der Waals surface area contributed by atoms with Crippen molar-refractivity contribution in [3.63, 3.8) is 0 Å². The first-order valence-corrected chi connectivity index (χ1v) is 9.37. The summed E-state index contributed by atoms with van der Waals surface area (Å²) in [6.45, 7) is 3.88. The predicted octanol–water partition coefficient (Wildman–Crippen LogP) is 3.43. The number of amides is 1. The van der Waals surface area contributed by atoms with Gasteiger partial charge in [-0.15, -0.1) is 10.2 Å². The molecule has 0 aliphatic carbocycles. The monoisotopic (exact) mass is 383 g/mol. The summed E-state index contributed by atoms with van der Waals surface area (Å²) in [5.41, 5.74) is 6.05. The molecule has 0 spiro atoms. The Kier molecular flexibility index (Phi) is 4.57. The summed E-state index contributed by atoms with van der Waals surface area (Å²) in [5.74, 6) is 0.200. The first kappa shape index (κ1) is 17.5. The molecule has 0 fully saturated rings. The van der Waals surface area contributed by atoms with Crippen molar-refractivity contribution in [3.8, 4) is 0 Å². The third-order valence-electron chi connectivity index (χ3n) is 4.41. The maximum atomic E-state index is 13.1. The highest BCUT2D eigenvalue weighted by atomic mass is 32.2. The number of rotatable bonds is 3. The number of carbonyl (C=O) groups excluding carboxylic acids is 1. The minimum Gasteiger partial charge on any atom is -0.325 e. The molecule has 3 aromatic rings. The Labute approximate surface area is 160 Å². The minimum atomic E-state index is -0.464. The van der Waals surface area contributed by atoms with Crippen LogP contribution in [0.15, 0.2) is 53.7 Å². The number of aryl methyl sites for hydroxylation is 2. The van der Waals surface area contributed by atoms with Crippen LogP contribution in [0.4, 0.5) is 10.1 Å². The van der Waals surface area contributed by atoms with Crippen LogP contribution in [0.2, 0.25) is 0 Å². The fourth-order valence-corrected chi connectivity index (χ4v) is 4.06. The quantitative estimate of drug-likeness (QED) is 0.725. The van der Waals surface area contributed by atoms with E-state index in [1.165, 1.54) is 23.9 Å². The molecule has 6 nitrogen and oxygen atoms in total. The molecule has 2 heterocycles. The molecule has 0 radical (unpaired) electrons. The molecule has 4 rings (SSSR count). The maximum absolute atomic E-state index is 13.1. The van der Waals surface area contributed by atoms with Gasteiger partial charge in [-0.05, 0) is 43.7 Å². The average molecular weight is 383 g/mol. The molecule has 2 unspecified atom stereocenters. The van der Waals surface area contributed by atoms with E-state index in [-0.39, 0.29) is 17.8 Å². The van der Waals surface area contributed by atoms with Gasteiger partial charge >= 0.3 is 0 Å². The van der Waals surface area contributed by atoms with E-state index in [9.17, 15) is 9.18 Å². The molecule has 0 saturated heterocycles. The number of nitrogens with zero attached hydrogens (tertiary/aromatic N) is 3. The highest BCUT2D eigenvalue weighted by molar-refractivity contribution is 8.00. The van der Waals surface area contributed by atoms with Crippen molar-refractivity contribution in [3.05, 3.63) is 71.3 Å². The van der Waals surface area contributed by atoms with E-state index in [2.05, 4.69) is 20.9 Å². The number of nitrogens with one attached hydrogen (secondary N) is 2. The van der Waals surface area contributed by atoms with Crippen LogP contribution >= 0.6 is 11.8 Å². The number of fused-ring (bicyclic) bond motifs is 1. The highest BCUT2D eigenvalue weighted by Crippen LogP contribution is 2.37. The fourth-order valence-electron chi connectivity index (χ4n) is 2.93. The summed E-state index contributed by atoms with van der Waals surface area (Å²) in [6, 6.07) is 13.5. The maximum Gasteiger partial charge on any atom is 0.240 e. The van der Waals surface area contributed by atoms with Gasteiger partial charge in [0.1, 0.15) is 16.9 Å². The van der Waals surface area contributed by atoms with Crippen molar-refractivity contribution in [2.24, 2.45) is 0 Å². The van der Waals surface area contributed by atoms with Crippen molar-refractivity contribution in [1.29, 1.82) is 0 Å². The molecule has 0 saturated carbocycles. The Morgan fingerprint density at radius 2 is 1.81 bits per heavy atom. The highest BCUT2D eigenvalue weighted by Gasteiger charge is 2.37. The molecule has 8 heteroatoms. The van der Waals surface area contributed by atoms with Gasteiger partial charge < -0.3 is 10.7 Å². The molecular formula is C19H18FN5OS. The van der Waals surface area contributed by atoms with Gasteiger partial charge in [0.15, 0.2) is 0 Å². The molecule has 1 aliphatic heterocycles. The zero-order valence-electron chi connectivity index (χ0n) is 14.8. The van der Waals surface area contributed by atoms with E-state index in [4.69, 9.17) is 0 Å². The second-order valence-corrected chi connectivity index (χ2v) is 7.53. The number of anilines is 1. The minimum absolute atomic E-state index is 0.184. The van der Waals surface area contributed by atoms with Crippen LogP contribution in [-0.4, -0.2) is 26.0 Å². The number of hydrogen-bond donors (Lipinski definition) is 2. The summed E-state index contributed by atoms with van der Waals surface area (Å²) in [7, 11) is 0. The van der Waals surface area contributed by atoms with Gasteiger partial charge in [-0.1, -0.05) is 41.6 Å². The third kappa shape index (κ3) is 3.52. The Hall–Kier alpha value is -2.87. The lowest BCUT2D eigenvalue weighted by Gasteiger charge is -2.32. The predicted molar refractivity (Wildman–Crippen MR) is 103 cm³/mol. The van der Waals surface area contributed by atoms with E-state index in [1.807, 2.05) is 38.1 Å². The Morgan fingerprint density at radius 3 is 2.52 bits per heavy atom. The Morgan fingerprint density at radius 1 is 1.11 bits per heavy atom. The molecule has 1 aliphatic rings. The summed E-state index contributed by atoms with van der Waals surface area (Å²) >= 11 is 1.36. The molecule has 0 bridgehead atoms. The smallest absolute Gasteiger partial charge is 0.240 e. The van der Waals surface area contributed by atoms with Crippen LogP contribution in [0.3, 0.4) is 0 Å². The normalized spacial score (nSPS) is 18.5. The molecule has 138 valence electrons. The Balaban J connectivity index is 1.65. The summed E-state index contributed by atoms with van der Waals surface area (Å²) in [6.07, 6.45) is 0. The lowest BCUT2D eigenvalue weighted by molar-refractivity contribution is -0.116. The van der Waals surface area contributed by atoms with Gasteiger partial charge in [-0.2, -0.15) is 0 Å². The zero-order chi connectivity index (χ0) is 19.0. The molecule has 2 atom stereocenters. The van der Waals surface area contributed by atoms with Gasteiger partial charge in [0.25, 0.3) is 0 Å². The van der Waals surface area contributed by atoms with Crippen LogP contribution in [-0.2, 0) is 4.79 Å². The molecule has 1 amide bonds. The lowest BCUT2D eigenvalue weighted by Crippen LogP contribution is -2.41. The number of hydrogen-bond acceptors (Lipinski definition) is 5. The second-order valence-electron chi connectivity index (χ2n) is 6.42. The van der Waals surface area contributed by atoms with E-state index >= 15 is 0 Å². The van der Waals surface area contributed by atoms with Crippen molar-refractivity contribution in [2.45, 2.75) is 30.3 Å². The number of thioether (sulfide) groups is 1. The van der Waals surface area contributed by atoms with E-state index in [0.717, 1.165) is 17.0 Å².